The van der Waals surface area contributed by atoms with E-state index in [1.807, 2.05) is 22.6 Å². The second-order valence-electron chi connectivity index (χ2n) is 7.33. The fourth-order valence-electron chi connectivity index (χ4n) is 4.13. The van der Waals surface area contributed by atoms with Crippen molar-refractivity contribution in [3.8, 4) is 11.3 Å². The number of rotatable bonds is 3. The van der Waals surface area contributed by atoms with E-state index in [2.05, 4.69) is 15.4 Å². The summed E-state index contributed by atoms with van der Waals surface area (Å²) in [6.07, 6.45) is 3.17. The van der Waals surface area contributed by atoms with Crippen LogP contribution >= 0.6 is 11.8 Å². The number of thioether (sulfide) groups is 1. The van der Waals surface area contributed by atoms with E-state index in [-0.39, 0.29) is 33.9 Å². The van der Waals surface area contributed by atoms with E-state index in [4.69, 9.17) is 5.73 Å². The predicted octanol–water partition coefficient (Wildman–Crippen LogP) is 3.22. The van der Waals surface area contributed by atoms with Crippen LogP contribution in [0.1, 0.15) is 25.5 Å². The summed E-state index contributed by atoms with van der Waals surface area (Å²) in [5.74, 6) is -0.160. The quantitative estimate of drug-likeness (QED) is 0.736. The highest BCUT2D eigenvalue weighted by molar-refractivity contribution is 8.00. The van der Waals surface area contributed by atoms with Gasteiger partial charge >= 0.3 is 11.5 Å². The van der Waals surface area contributed by atoms with E-state index in [1.54, 1.807) is 0 Å². The maximum Gasteiger partial charge on any atom is 0.446 e. The van der Waals surface area contributed by atoms with Crippen LogP contribution < -0.4 is 11.1 Å². The highest BCUT2D eigenvalue weighted by Crippen LogP contribution is 2.44. The number of halogens is 3. The first kappa shape index (κ1) is 19.9. The summed E-state index contributed by atoms with van der Waals surface area (Å²) in [5, 5.41) is 7.41. The summed E-state index contributed by atoms with van der Waals surface area (Å²) in [7, 11) is 0. The molecule has 0 radical (unpaired) electrons. The fourth-order valence-corrected chi connectivity index (χ4v) is 4.72. The molecular formula is C18H21F3N6OS. The third-order valence-corrected chi connectivity index (χ3v) is 6.28. The Bertz CT molecular complexity index is 946. The molecule has 2 amide bonds. The second-order valence-corrected chi connectivity index (χ2v) is 8.44. The van der Waals surface area contributed by atoms with Gasteiger partial charge in [0.05, 0.1) is 10.6 Å². The van der Waals surface area contributed by atoms with Crippen molar-refractivity contribution in [3.05, 3.63) is 24.0 Å². The van der Waals surface area contributed by atoms with Crippen LogP contribution in [0.2, 0.25) is 0 Å². The van der Waals surface area contributed by atoms with Gasteiger partial charge in [0.15, 0.2) is 0 Å². The standard InChI is InChI=1S/C18H21F3N6OS/c1-2-23-16(28)26-5-3-17(10-26)4-6-27-14(17)8-12(25-27)11-7-13(15(22)24-9-11)29-18(19,20)21/h7-9H,2-6,10H2,1H3,(H2,22,24)(H,23,28). The lowest BCUT2D eigenvalue weighted by molar-refractivity contribution is -0.0328. The molecular weight excluding hydrogens is 405 g/mol. The number of likely N-dealkylation sites (tertiary alicyclic amines) is 1. The first-order chi connectivity index (χ1) is 13.7. The molecule has 1 saturated heterocycles. The maximum atomic E-state index is 12.8. The number of nitrogen functional groups attached to an aromatic ring is 1. The molecule has 2 aliphatic rings. The zero-order chi connectivity index (χ0) is 20.8. The number of carbonyl (C=O) groups excluding carboxylic acids is 1. The molecule has 1 atom stereocenters. The number of alkyl halides is 3. The van der Waals surface area contributed by atoms with Gasteiger partial charge in [0.1, 0.15) is 5.82 Å². The van der Waals surface area contributed by atoms with Crippen molar-refractivity contribution >= 4 is 23.6 Å². The van der Waals surface area contributed by atoms with E-state index in [0.29, 0.717) is 37.4 Å². The fraction of sp³-hybridized carbons (Fsp3) is 0.500. The SMILES string of the molecule is CCNC(=O)N1CCC2(CCn3nc(-c4cnc(N)c(SC(F)(F)F)c4)cc32)C1. The molecule has 11 heteroatoms. The van der Waals surface area contributed by atoms with Crippen LogP contribution in [0.3, 0.4) is 0 Å². The van der Waals surface area contributed by atoms with Crippen molar-refractivity contribution < 1.29 is 18.0 Å². The Balaban J connectivity index is 1.61. The first-order valence-electron chi connectivity index (χ1n) is 9.33. The number of pyridine rings is 1. The molecule has 156 valence electrons. The number of hydrogen-bond acceptors (Lipinski definition) is 5. The number of anilines is 1. The van der Waals surface area contributed by atoms with Crippen molar-refractivity contribution in [1.29, 1.82) is 0 Å². The smallest absolute Gasteiger partial charge is 0.383 e. The number of nitrogens with two attached hydrogens (primary N) is 1. The molecule has 3 N–H and O–H groups in total. The van der Waals surface area contributed by atoms with Gasteiger partial charge in [0, 0.05) is 49.0 Å². The van der Waals surface area contributed by atoms with Crippen LogP contribution in [0.4, 0.5) is 23.8 Å². The molecule has 4 heterocycles. The minimum atomic E-state index is -4.44. The molecule has 29 heavy (non-hydrogen) atoms. The van der Waals surface area contributed by atoms with Crippen LogP contribution in [0.5, 0.6) is 0 Å². The molecule has 0 bridgehead atoms. The molecule has 7 nitrogen and oxygen atoms in total. The maximum absolute atomic E-state index is 12.8. The highest BCUT2D eigenvalue weighted by atomic mass is 32.2. The van der Waals surface area contributed by atoms with Gasteiger partial charge in [-0.15, -0.1) is 0 Å². The molecule has 1 spiro atoms. The monoisotopic (exact) mass is 426 g/mol. The summed E-state index contributed by atoms with van der Waals surface area (Å²) in [4.78, 5) is 17.8. The lowest BCUT2D eigenvalue weighted by atomic mass is 9.82. The van der Waals surface area contributed by atoms with E-state index >= 15 is 0 Å². The molecule has 2 aliphatic heterocycles. The minimum absolute atomic E-state index is 0.0703. The number of amides is 2. The van der Waals surface area contributed by atoms with Crippen molar-refractivity contribution in [2.24, 2.45) is 0 Å². The van der Waals surface area contributed by atoms with Gasteiger partial charge in [-0.1, -0.05) is 0 Å². The van der Waals surface area contributed by atoms with Gasteiger partial charge in [-0.3, -0.25) is 4.68 Å². The lowest BCUT2D eigenvalue weighted by Crippen LogP contribution is -2.40. The molecule has 4 rings (SSSR count). The number of fused-ring (bicyclic) bond motifs is 2. The van der Waals surface area contributed by atoms with Crippen molar-refractivity contribution in [2.75, 3.05) is 25.4 Å². The average Bonchev–Trinajstić information content (AvgIpc) is 3.33. The zero-order valence-corrected chi connectivity index (χ0v) is 16.6. The number of urea groups is 1. The largest absolute Gasteiger partial charge is 0.446 e. The summed E-state index contributed by atoms with van der Waals surface area (Å²) in [6.45, 7) is 4.45. The number of nitrogens with zero attached hydrogens (tertiary/aromatic N) is 4. The van der Waals surface area contributed by atoms with Gasteiger partial charge in [0.25, 0.3) is 0 Å². The lowest BCUT2D eigenvalue weighted by Gasteiger charge is -2.23. The van der Waals surface area contributed by atoms with E-state index in [1.165, 1.54) is 12.3 Å². The van der Waals surface area contributed by atoms with Crippen LogP contribution in [0.25, 0.3) is 11.3 Å². The highest BCUT2D eigenvalue weighted by Gasteiger charge is 2.46. The van der Waals surface area contributed by atoms with Crippen molar-refractivity contribution in [2.45, 2.75) is 42.1 Å². The summed E-state index contributed by atoms with van der Waals surface area (Å²) >= 11 is -0.279. The van der Waals surface area contributed by atoms with E-state index in [0.717, 1.165) is 18.5 Å². The van der Waals surface area contributed by atoms with Crippen LogP contribution in [-0.2, 0) is 12.0 Å². The minimum Gasteiger partial charge on any atom is -0.383 e. The van der Waals surface area contributed by atoms with Gasteiger partial charge in [-0.05, 0) is 43.7 Å². The number of aromatic nitrogens is 3. The molecule has 2 aromatic rings. The van der Waals surface area contributed by atoms with Crippen LogP contribution in [0.15, 0.2) is 23.2 Å². The summed E-state index contributed by atoms with van der Waals surface area (Å²) in [5.41, 5.74) is 3.06. The zero-order valence-electron chi connectivity index (χ0n) is 15.8. The van der Waals surface area contributed by atoms with Crippen LogP contribution in [0, 0.1) is 0 Å². The second kappa shape index (κ2) is 7.12. The molecule has 0 saturated carbocycles. The number of carbonyl (C=O) groups is 1. The normalized spacial score (nSPS) is 21.0. The van der Waals surface area contributed by atoms with Crippen molar-refractivity contribution in [1.82, 2.24) is 25.0 Å². The number of aryl methyl sites for hydroxylation is 1. The Morgan fingerprint density at radius 1 is 1.34 bits per heavy atom. The first-order valence-corrected chi connectivity index (χ1v) is 10.2. The van der Waals surface area contributed by atoms with Gasteiger partial charge in [-0.25, -0.2) is 9.78 Å². The van der Waals surface area contributed by atoms with Gasteiger partial charge < -0.3 is 16.0 Å². The number of nitrogens with one attached hydrogen (secondary N) is 1. The molecule has 2 aromatic heterocycles. The third-order valence-electron chi connectivity index (χ3n) is 5.50. The number of hydrogen-bond donors (Lipinski definition) is 2. The molecule has 1 fully saturated rings. The Morgan fingerprint density at radius 2 is 2.10 bits per heavy atom. The van der Waals surface area contributed by atoms with Crippen molar-refractivity contribution in [3.63, 3.8) is 0 Å². The topological polar surface area (TPSA) is 89.1 Å². The van der Waals surface area contributed by atoms with Gasteiger partial charge in [0.2, 0.25) is 0 Å². The Kier molecular flexibility index (Phi) is 4.88. The van der Waals surface area contributed by atoms with E-state index < -0.39 is 5.51 Å². The third kappa shape index (κ3) is 3.75. The van der Waals surface area contributed by atoms with E-state index in [9.17, 15) is 18.0 Å². The summed E-state index contributed by atoms with van der Waals surface area (Å²) < 4.78 is 40.2. The predicted molar refractivity (Wildman–Crippen MR) is 103 cm³/mol. The molecule has 1 unspecified atom stereocenters. The molecule has 0 aliphatic carbocycles. The Labute approximate surface area is 169 Å². The molecule has 0 aromatic carbocycles. The van der Waals surface area contributed by atoms with Crippen LogP contribution in [-0.4, -0.2) is 50.8 Å². The Hall–Kier alpha value is -2.43. The average molecular weight is 426 g/mol. The summed E-state index contributed by atoms with van der Waals surface area (Å²) in [6, 6.07) is 3.21. The van der Waals surface area contributed by atoms with Gasteiger partial charge in [-0.2, -0.15) is 18.3 Å². The Morgan fingerprint density at radius 3 is 2.83 bits per heavy atom.